The Labute approximate surface area is 115 Å². The Balaban J connectivity index is 2.10. The van der Waals surface area contributed by atoms with Crippen LogP contribution in [0, 0.1) is 5.92 Å². The van der Waals surface area contributed by atoms with E-state index >= 15 is 0 Å². The van der Waals surface area contributed by atoms with E-state index in [2.05, 4.69) is 17.2 Å². The molecule has 4 nitrogen and oxygen atoms in total. The zero-order valence-electron chi connectivity index (χ0n) is 12.0. The molecule has 1 aromatic heterocycles. The van der Waals surface area contributed by atoms with Crippen molar-refractivity contribution in [3.8, 4) is 0 Å². The standard InChI is InChI=1S/C15H23N3O/c1-11-4-6-12(7-5-11)18(3)15(19)13-10-17-9-8-14(13)16-2/h8-12H,4-7H2,1-3H3,(H,16,17). The lowest BCUT2D eigenvalue weighted by Gasteiger charge is -2.33. The minimum Gasteiger partial charge on any atom is -0.387 e. The fourth-order valence-corrected chi connectivity index (χ4v) is 2.77. The molecule has 1 saturated carbocycles. The molecule has 1 aliphatic rings. The van der Waals surface area contributed by atoms with Crippen molar-refractivity contribution in [3.05, 3.63) is 24.0 Å². The van der Waals surface area contributed by atoms with Gasteiger partial charge in [0.25, 0.3) is 5.91 Å². The topological polar surface area (TPSA) is 45.2 Å². The number of carbonyl (C=O) groups excluding carboxylic acids is 1. The van der Waals surface area contributed by atoms with E-state index in [4.69, 9.17) is 0 Å². The number of hydrogen-bond donors (Lipinski definition) is 1. The molecule has 0 aliphatic heterocycles. The lowest BCUT2D eigenvalue weighted by molar-refractivity contribution is 0.0680. The molecule has 1 aromatic rings. The number of anilines is 1. The molecule has 0 atom stereocenters. The summed E-state index contributed by atoms with van der Waals surface area (Å²) < 4.78 is 0. The molecule has 2 rings (SSSR count). The van der Waals surface area contributed by atoms with Crippen LogP contribution < -0.4 is 5.32 Å². The van der Waals surface area contributed by atoms with Gasteiger partial charge in [-0.25, -0.2) is 0 Å². The van der Waals surface area contributed by atoms with Gasteiger partial charge in [-0.1, -0.05) is 6.92 Å². The van der Waals surface area contributed by atoms with Gasteiger partial charge in [0.2, 0.25) is 0 Å². The van der Waals surface area contributed by atoms with Crippen molar-refractivity contribution < 1.29 is 4.79 Å². The SMILES string of the molecule is CNc1ccncc1C(=O)N(C)C1CCC(C)CC1. The van der Waals surface area contributed by atoms with Gasteiger partial charge in [0.15, 0.2) is 0 Å². The van der Waals surface area contributed by atoms with Crippen molar-refractivity contribution in [3.63, 3.8) is 0 Å². The van der Waals surface area contributed by atoms with E-state index in [1.165, 1.54) is 12.8 Å². The third-order valence-corrected chi connectivity index (χ3v) is 4.17. The second-order valence-electron chi connectivity index (χ2n) is 5.50. The highest BCUT2D eigenvalue weighted by Crippen LogP contribution is 2.27. The van der Waals surface area contributed by atoms with Crippen LogP contribution in [0.1, 0.15) is 43.0 Å². The van der Waals surface area contributed by atoms with E-state index in [0.29, 0.717) is 11.6 Å². The Kier molecular flexibility index (Phi) is 4.40. The van der Waals surface area contributed by atoms with Crippen LogP contribution >= 0.6 is 0 Å². The fourth-order valence-electron chi connectivity index (χ4n) is 2.77. The number of amides is 1. The van der Waals surface area contributed by atoms with Crippen LogP contribution in [0.5, 0.6) is 0 Å². The monoisotopic (exact) mass is 261 g/mol. The fraction of sp³-hybridized carbons (Fsp3) is 0.600. The third-order valence-electron chi connectivity index (χ3n) is 4.17. The van der Waals surface area contributed by atoms with E-state index in [1.807, 2.05) is 25.1 Å². The van der Waals surface area contributed by atoms with E-state index in [0.717, 1.165) is 24.4 Å². The number of rotatable bonds is 3. The number of aromatic nitrogens is 1. The smallest absolute Gasteiger partial charge is 0.257 e. The molecule has 0 unspecified atom stereocenters. The molecule has 0 bridgehead atoms. The van der Waals surface area contributed by atoms with Crippen LogP contribution in [-0.2, 0) is 0 Å². The van der Waals surface area contributed by atoms with Crippen molar-refractivity contribution >= 4 is 11.6 Å². The van der Waals surface area contributed by atoms with Gasteiger partial charge in [0, 0.05) is 38.2 Å². The maximum atomic E-state index is 12.6. The number of carbonyl (C=O) groups is 1. The lowest BCUT2D eigenvalue weighted by atomic mass is 9.86. The second-order valence-corrected chi connectivity index (χ2v) is 5.50. The van der Waals surface area contributed by atoms with Gasteiger partial charge in [-0.2, -0.15) is 0 Å². The van der Waals surface area contributed by atoms with Gasteiger partial charge in [0.05, 0.1) is 5.56 Å². The minimum absolute atomic E-state index is 0.0667. The molecule has 104 valence electrons. The zero-order valence-corrected chi connectivity index (χ0v) is 12.0. The third kappa shape index (κ3) is 3.06. The summed E-state index contributed by atoms with van der Waals surface area (Å²) >= 11 is 0. The van der Waals surface area contributed by atoms with Crippen LogP contribution in [0.15, 0.2) is 18.5 Å². The van der Waals surface area contributed by atoms with E-state index < -0.39 is 0 Å². The van der Waals surface area contributed by atoms with Crippen LogP contribution in [0.2, 0.25) is 0 Å². The maximum Gasteiger partial charge on any atom is 0.257 e. The Morgan fingerprint density at radius 3 is 2.68 bits per heavy atom. The molecule has 1 heterocycles. The van der Waals surface area contributed by atoms with Gasteiger partial charge in [-0.15, -0.1) is 0 Å². The molecular weight excluding hydrogens is 238 g/mol. The van der Waals surface area contributed by atoms with Gasteiger partial charge in [0.1, 0.15) is 0 Å². The Hall–Kier alpha value is -1.58. The molecule has 19 heavy (non-hydrogen) atoms. The lowest BCUT2D eigenvalue weighted by Crippen LogP contribution is -2.39. The molecule has 0 saturated heterocycles. The first-order valence-electron chi connectivity index (χ1n) is 7.02. The van der Waals surface area contributed by atoms with Crippen LogP contribution in [0.3, 0.4) is 0 Å². The largest absolute Gasteiger partial charge is 0.387 e. The summed E-state index contributed by atoms with van der Waals surface area (Å²) in [7, 11) is 3.74. The van der Waals surface area contributed by atoms with Crippen LogP contribution in [-0.4, -0.2) is 35.9 Å². The van der Waals surface area contributed by atoms with Crippen molar-refractivity contribution in [2.24, 2.45) is 5.92 Å². The van der Waals surface area contributed by atoms with Gasteiger partial charge >= 0.3 is 0 Å². The Morgan fingerprint density at radius 2 is 2.05 bits per heavy atom. The molecule has 4 heteroatoms. The highest BCUT2D eigenvalue weighted by molar-refractivity contribution is 5.99. The highest BCUT2D eigenvalue weighted by Gasteiger charge is 2.26. The van der Waals surface area contributed by atoms with Gasteiger partial charge in [-0.3, -0.25) is 9.78 Å². The number of nitrogens with zero attached hydrogens (tertiary/aromatic N) is 2. The first-order valence-corrected chi connectivity index (χ1v) is 7.02. The average molecular weight is 261 g/mol. The number of nitrogens with one attached hydrogen (secondary N) is 1. The second kappa shape index (κ2) is 6.04. The average Bonchev–Trinajstić information content (AvgIpc) is 2.46. The molecule has 1 N–H and O–H groups in total. The van der Waals surface area contributed by atoms with Crippen LogP contribution in [0.4, 0.5) is 5.69 Å². The predicted molar refractivity (Wildman–Crippen MR) is 77.3 cm³/mol. The van der Waals surface area contributed by atoms with Gasteiger partial charge in [-0.05, 0) is 37.7 Å². The van der Waals surface area contributed by atoms with Crippen molar-refractivity contribution in [1.82, 2.24) is 9.88 Å². The molecule has 0 spiro atoms. The zero-order chi connectivity index (χ0) is 13.8. The molecule has 0 aromatic carbocycles. The Bertz CT molecular complexity index is 439. The molecule has 0 radical (unpaired) electrons. The first kappa shape index (κ1) is 13.8. The normalized spacial score (nSPS) is 22.9. The first-order chi connectivity index (χ1) is 9.13. The highest BCUT2D eigenvalue weighted by atomic mass is 16.2. The van der Waals surface area contributed by atoms with Crippen molar-refractivity contribution in [2.75, 3.05) is 19.4 Å². The van der Waals surface area contributed by atoms with Gasteiger partial charge < -0.3 is 10.2 Å². The summed E-state index contributed by atoms with van der Waals surface area (Å²) in [5, 5.41) is 3.05. The summed E-state index contributed by atoms with van der Waals surface area (Å²) in [5.41, 5.74) is 1.50. The van der Waals surface area contributed by atoms with Crippen molar-refractivity contribution in [1.29, 1.82) is 0 Å². The summed E-state index contributed by atoms with van der Waals surface area (Å²) in [6.45, 7) is 2.29. The molecule has 1 amide bonds. The van der Waals surface area contributed by atoms with E-state index in [1.54, 1.807) is 12.4 Å². The molecule has 1 aliphatic carbocycles. The maximum absolute atomic E-state index is 12.6. The molecular formula is C15H23N3O. The van der Waals surface area contributed by atoms with E-state index in [9.17, 15) is 4.79 Å². The summed E-state index contributed by atoms with van der Waals surface area (Å²) in [4.78, 5) is 18.5. The quantitative estimate of drug-likeness (QED) is 0.910. The molecule has 1 fully saturated rings. The summed E-state index contributed by atoms with van der Waals surface area (Å²) in [6.07, 6.45) is 8.00. The summed E-state index contributed by atoms with van der Waals surface area (Å²) in [6, 6.07) is 2.21. The minimum atomic E-state index is 0.0667. The number of pyridine rings is 1. The van der Waals surface area contributed by atoms with Crippen LogP contribution in [0.25, 0.3) is 0 Å². The summed E-state index contributed by atoms with van der Waals surface area (Å²) in [5.74, 6) is 0.864. The van der Waals surface area contributed by atoms with E-state index in [-0.39, 0.29) is 5.91 Å². The Morgan fingerprint density at radius 1 is 1.37 bits per heavy atom. The predicted octanol–water partition coefficient (Wildman–Crippen LogP) is 2.77. The number of hydrogen-bond acceptors (Lipinski definition) is 3. The van der Waals surface area contributed by atoms with Crippen molar-refractivity contribution in [2.45, 2.75) is 38.6 Å².